The van der Waals surface area contributed by atoms with E-state index in [0.717, 1.165) is 44.6 Å². The Morgan fingerprint density at radius 3 is 2.36 bits per heavy atom. The molecular formula is C22H28N2O. The Morgan fingerprint density at radius 2 is 1.68 bits per heavy atom. The Morgan fingerprint density at radius 1 is 1.04 bits per heavy atom. The van der Waals surface area contributed by atoms with Gasteiger partial charge in [0.1, 0.15) is 0 Å². The van der Waals surface area contributed by atoms with Crippen LogP contribution in [0.25, 0.3) is 0 Å². The summed E-state index contributed by atoms with van der Waals surface area (Å²) in [5, 5.41) is 3.15. The first kappa shape index (κ1) is 17.7. The molecule has 1 heterocycles. The highest BCUT2D eigenvalue weighted by Crippen LogP contribution is 2.23. The normalized spacial score (nSPS) is 15.9. The average Bonchev–Trinajstić information content (AvgIpc) is 2.64. The SMILES string of the molecule is CCc1ccccc1NC(=O)C1CCN(Cc2ccccc2C)CC1. The molecule has 0 aliphatic carbocycles. The van der Waals surface area contributed by atoms with Gasteiger partial charge in [0.2, 0.25) is 5.91 Å². The number of aryl methyl sites for hydroxylation is 2. The number of hydrogen-bond donors (Lipinski definition) is 1. The number of nitrogens with zero attached hydrogens (tertiary/aromatic N) is 1. The lowest BCUT2D eigenvalue weighted by Gasteiger charge is -2.31. The Bertz CT molecular complexity index is 717. The van der Waals surface area contributed by atoms with Crippen molar-refractivity contribution in [3.63, 3.8) is 0 Å². The Kier molecular flexibility index (Phi) is 5.87. The summed E-state index contributed by atoms with van der Waals surface area (Å²) in [6.45, 7) is 7.25. The molecule has 0 radical (unpaired) electrons. The van der Waals surface area contributed by atoms with Crippen LogP contribution < -0.4 is 5.32 Å². The van der Waals surface area contributed by atoms with Gasteiger partial charge in [0.15, 0.2) is 0 Å². The molecule has 1 aliphatic rings. The maximum absolute atomic E-state index is 12.6. The van der Waals surface area contributed by atoms with Crippen molar-refractivity contribution in [1.29, 1.82) is 0 Å². The van der Waals surface area contributed by atoms with Crippen LogP contribution in [0.15, 0.2) is 48.5 Å². The minimum Gasteiger partial charge on any atom is -0.326 e. The predicted octanol–water partition coefficient (Wildman–Crippen LogP) is 4.41. The lowest BCUT2D eigenvalue weighted by Crippen LogP contribution is -2.38. The van der Waals surface area contributed by atoms with Gasteiger partial charge in [-0.15, -0.1) is 0 Å². The second-order valence-electron chi connectivity index (χ2n) is 6.98. The van der Waals surface area contributed by atoms with Gasteiger partial charge in [0.05, 0.1) is 0 Å². The van der Waals surface area contributed by atoms with E-state index in [2.05, 4.69) is 54.4 Å². The molecule has 0 aromatic heterocycles. The molecule has 0 unspecified atom stereocenters. The third kappa shape index (κ3) is 4.49. The molecule has 0 bridgehead atoms. The van der Waals surface area contributed by atoms with Gasteiger partial charge in [-0.3, -0.25) is 9.69 Å². The highest BCUT2D eigenvalue weighted by Gasteiger charge is 2.25. The van der Waals surface area contributed by atoms with Gasteiger partial charge in [-0.2, -0.15) is 0 Å². The standard InChI is InChI=1S/C22H28N2O/c1-3-18-9-6-7-11-21(18)23-22(25)19-12-14-24(15-13-19)16-20-10-5-4-8-17(20)2/h4-11,19H,3,12-16H2,1-2H3,(H,23,25). The minimum absolute atomic E-state index is 0.123. The Hall–Kier alpha value is -2.13. The molecule has 25 heavy (non-hydrogen) atoms. The van der Waals surface area contributed by atoms with Gasteiger partial charge < -0.3 is 5.32 Å². The fourth-order valence-corrected chi connectivity index (χ4v) is 3.57. The number of carbonyl (C=O) groups is 1. The maximum Gasteiger partial charge on any atom is 0.227 e. The minimum atomic E-state index is 0.123. The Balaban J connectivity index is 1.53. The number of para-hydroxylation sites is 1. The van der Waals surface area contributed by atoms with E-state index >= 15 is 0 Å². The fraction of sp³-hybridized carbons (Fsp3) is 0.409. The monoisotopic (exact) mass is 336 g/mol. The molecular weight excluding hydrogens is 308 g/mol. The van der Waals surface area contributed by atoms with Crippen LogP contribution in [0.2, 0.25) is 0 Å². The van der Waals surface area contributed by atoms with E-state index in [9.17, 15) is 4.79 Å². The zero-order chi connectivity index (χ0) is 17.6. The van der Waals surface area contributed by atoms with Crippen LogP contribution >= 0.6 is 0 Å². The maximum atomic E-state index is 12.6. The zero-order valence-corrected chi connectivity index (χ0v) is 15.3. The summed E-state index contributed by atoms with van der Waals surface area (Å²) in [6, 6.07) is 16.7. The van der Waals surface area contributed by atoms with Crippen molar-refractivity contribution in [3.05, 3.63) is 65.2 Å². The van der Waals surface area contributed by atoms with Gasteiger partial charge in [-0.25, -0.2) is 0 Å². The first-order valence-electron chi connectivity index (χ1n) is 9.33. The van der Waals surface area contributed by atoms with E-state index in [1.807, 2.05) is 18.2 Å². The molecule has 3 rings (SSSR count). The molecule has 1 fully saturated rings. The highest BCUT2D eigenvalue weighted by atomic mass is 16.1. The van der Waals surface area contributed by atoms with Gasteiger partial charge in [-0.05, 0) is 62.0 Å². The average molecular weight is 336 g/mol. The van der Waals surface area contributed by atoms with Crippen molar-refractivity contribution in [2.75, 3.05) is 18.4 Å². The molecule has 0 spiro atoms. The molecule has 2 aromatic carbocycles. The summed E-state index contributed by atoms with van der Waals surface area (Å²) >= 11 is 0. The number of anilines is 1. The number of piperidine rings is 1. The van der Waals surface area contributed by atoms with Crippen LogP contribution in [0.1, 0.15) is 36.5 Å². The quantitative estimate of drug-likeness (QED) is 0.877. The molecule has 3 nitrogen and oxygen atoms in total. The number of carbonyl (C=O) groups excluding carboxylic acids is 1. The lowest BCUT2D eigenvalue weighted by atomic mass is 9.95. The van der Waals surface area contributed by atoms with E-state index < -0.39 is 0 Å². The van der Waals surface area contributed by atoms with Gasteiger partial charge in [-0.1, -0.05) is 49.4 Å². The molecule has 3 heteroatoms. The number of nitrogens with one attached hydrogen (secondary N) is 1. The van der Waals surface area contributed by atoms with E-state index in [-0.39, 0.29) is 11.8 Å². The van der Waals surface area contributed by atoms with Crippen molar-refractivity contribution in [2.45, 2.75) is 39.7 Å². The summed E-state index contributed by atoms with van der Waals surface area (Å²) in [5.74, 6) is 0.300. The van der Waals surface area contributed by atoms with Crippen LogP contribution in [0, 0.1) is 12.8 Å². The van der Waals surface area contributed by atoms with E-state index in [1.54, 1.807) is 0 Å². The summed E-state index contributed by atoms with van der Waals surface area (Å²) in [4.78, 5) is 15.1. The molecule has 1 aliphatic heterocycles. The molecule has 0 saturated carbocycles. The van der Waals surface area contributed by atoms with Crippen molar-refractivity contribution in [3.8, 4) is 0 Å². The van der Waals surface area contributed by atoms with Crippen LogP contribution in [0.4, 0.5) is 5.69 Å². The van der Waals surface area contributed by atoms with E-state index in [4.69, 9.17) is 0 Å². The third-order valence-electron chi connectivity index (χ3n) is 5.27. The third-order valence-corrected chi connectivity index (χ3v) is 5.27. The van der Waals surface area contributed by atoms with Crippen LogP contribution in [-0.2, 0) is 17.8 Å². The van der Waals surface area contributed by atoms with E-state index in [1.165, 1.54) is 16.7 Å². The summed E-state index contributed by atoms with van der Waals surface area (Å²) in [5.41, 5.74) is 4.91. The molecule has 2 aromatic rings. The summed E-state index contributed by atoms with van der Waals surface area (Å²) in [6.07, 6.45) is 2.81. The van der Waals surface area contributed by atoms with E-state index in [0.29, 0.717) is 0 Å². The Labute approximate surface area is 151 Å². The number of rotatable bonds is 5. The number of amides is 1. The predicted molar refractivity (Wildman–Crippen MR) is 104 cm³/mol. The first-order valence-corrected chi connectivity index (χ1v) is 9.33. The van der Waals surface area contributed by atoms with Crippen LogP contribution in [0.3, 0.4) is 0 Å². The smallest absolute Gasteiger partial charge is 0.227 e. The van der Waals surface area contributed by atoms with Crippen molar-refractivity contribution < 1.29 is 4.79 Å². The van der Waals surface area contributed by atoms with Gasteiger partial charge in [0.25, 0.3) is 0 Å². The molecule has 0 atom stereocenters. The lowest BCUT2D eigenvalue weighted by molar-refractivity contribution is -0.121. The van der Waals surface area contributed by atoms with Gasteiger partial charge in [0, 0.05) is 18.2 Å². The number of likely N-dealkylation sites (tertiary alicyclic amines) is 1. The topological polar surface area (TPSA) is 32.3 Å². The van der Waals surface area contributed by atoms with Crippen LogP contribution in [-0.4, -0.2) is 23.9 Å². The second-order valence-corrected chi connectivity index (χ2v) is 6.98. The second kappa shape index (κ2) is 8.30. The highest BCUT2D eigenvalue weighted by molar-refractivity contribution is 5.93. The molecule has 132 valence electrons. The largest absolute Gasteiger partial charge is 0.326 e. The number of hydrogen-bond acceptors (Lipinski definition) is 2. The van der Waals surface area contributed by atoms with Crippen molar-refractivity contribution >= 4 is 11.6 Å². The molecule has 1 N–H and O–H groups in total. The van der Waals surface area contributed by atoms with Crippen LogP contribution in [0.5, 0.6) is 0 Å². The zero-order valence-electron chi connectivity index (χ0n) is 15.3. The summed E-state index contributed by atoms with van der Waals surface area (Å²) in [7, 11) is 0. The molecule has 1 saturated heterocycles. The first-order chi connectivity index (χ1) is 12.2. The van der Waals surface area contributed by atoms with Crippen molar-refractivity contribution in [2.24, 2.45) is 5.92 Å². The van der Waals surface area contributed by atoms with Crippen molar-refractivity contribution in [1.82, 2.24) is 4.90 Å². The summed E-state index contributed by atoms with van der Waals surface area (Å²) < 4.78 is 0. The fourth-order valence-electron chi connectivity index (χ4n) is 3.57. The number of benzene rings is 2. The molecule has 1 amide bonds. The van der Waals surface area contributed by atoms with Gasteiger partial charge >= 0.3 is 0 Å².